The van der Waals surface area contributed by atoms with Gasteiger partial charge in [-0.2, -0.15) is 0 Å². The van der Waals surface area contributed by atoms with Gasteiger partial charge in [-0.15, -0.1) is 0 Å². The van der Waals surface area contributed by atoms with Crippen LogP contribution < -0.4 is 10.0 Å². The number of aliphatic carboxylic acids is 1. The van der Waals surface area contributed by atoms with Crippen LogP contribution in [-0.4, -0.2) is 75.4 Å². The Hall–Kier alpha value is -2.84. The summed E-state index contributed by atoms with van der Waals surface area (Å²) in [5, 5.41) is 40.0. The predicted molar refractivity (Wildman–Crippen MR) is 102 cm³/mol. The molecule has 1 aromatic carbocycles. The zero-order chi connectivity index (χ0) is 25.7. The Balaban J connectivity index is 2.32. The van der Waals surface area contributed by atoms with E-state index >= 15 is 0 Å². The number of nitrogens with zero attached hydrogens (tertiary/aromatic N) is 3. The molecule has 0 saturated carbocycles. The van der Waals surface area contributed by atoms with Gasteiger partial charge in [-0.25, -0.2) is 27.5 Å². The molecule has 1 saturated heterocycles. The van der Waals surface area contributed by atoms with Gasteiger partial charge in [0.25, 0.3) is 10.0 Å². The van der Waals surface area contributed by atoms with Gasteiger partial charge in [0.05, 0.1) is 10.4 Å². The highest BCUT2D eigenvalue weighted by Crippen LogP contribution is 2.31. The molecule has 0 aliphatic carbocycles. The van der Waals surface area contributed by atoms with E-state index in [0.29, 0.717) is 0 Å². The number of aromatic nitrogens is 2. The van der Waals surface area contributed by atoms with Crippen molar-refractivity contribution in [2.24, 2.45) is 0 Å². The van der Waals surface area contributed by atoms with Crippen LogP contribution in [0.1, 0.15) is 11.2 Å². The maximum absolute atomic E-state index is 13.7. The highest BCUT2D eigenvalue weighted by atomic mass is 32.2. The monoisotopic (exact) mass is 444 g/mol. The molecule has 0 spiro atoms. The smallest absolute Gasteiger partial charge is 0.335 e. The van der Waals surface area contributed by atoms with Crippen LogP contribution in [-0.2, 0) is 19.6 Å². The lowest BCUT2D eigenvalue weighted by Gasteiger charge is -2.42. The normalized spacial score (nSPS) is 28.7. The first-order valence-corrected chi connectivity index (χ1v) is 9.78. The van der Waals surface area contributed by atoms with Crippen molar-refractivity contribution < 1.29 is 43.9 Å². The number of rotatable bonds is 5. The number of aliphatic hydroxyl groups is 3. The lowest BCUT2D eigenvalue weighted by Crippen LogP contribution is -2.65. The van der Waals surface area contributed by atoms with Crippen molar-refractivity contribution in [1.29, 1.82) is 0 Å². The third kappa shape index (κ3) is 3.93. The van der Waals surface area contributed by atoms with E-state index in [0.717, 1.165) is 6.20 Å². The summed E-state index contributed by atoms with van der Waals surface area (Å²) in [5.74, 6) is -2.49. The second kappa shape index (κ2) is 8.12. The first-order chi connectivity index (χ1) is 15.7. The highest BCUT2D eigenvalue weighted by Gasteiger charge is 2.52. The Morgan fingerprint density at radius 2 is 1.83 bits per heavy atom. The number of aliphatic hydroxyl groups excluding tert-OH is 3. The average Bonchev–Trinajstić information content (AvgIpc) is 2.76. The SMILES string of the molecule is [2H]c1c([2H])c(S(=O)(=O)N(c2nccc(C)n2)[C@@H]2O[C@H](C(=O)O)[C@@H](O)[C@H](O)C2O)c([2H])c([2H])c1N. The number of carboxylic acids is 1. The number of ether oxygens (including phenoxy) is 1. The summed E-state index contributed by atoms with van der Waals surface area (Å²) in [6.45, 7) is 1.45. The Labute approximate surface area is 176 Å². The molecule has 1 unspecified atom stereocenters. The summed E-state index contributed by atoms with van der Waals surface area (Å²) >= 11 is 0. The topological polar surface area (TPSA) is 196 Å². The molecule has 12 nitrogen and oxygen atoms in total. The standard InChI is InChI=1S/C17H20N4O8S/c1-8-6-7-19-17(20-8)21(30(27,28)10-4-2-9(18)3-5-10)15-13(24)11(22)12(23)14(29-15)16(25)26/h2-7,11-15,22-24H,18H2,1H3,(H,25,26)/t11-,12-,13?,14-,15+/m0/s1/i2D,3D,4D,5D. The number of carboxylic acid groups (broad SMARTS) is 1. The van der Waals surface area contributed by atoms with E-state index in [1.54, 1.807) is 0 Å². The van der Waals surface area contributed by atoms with E-state index in [9.17, 15) is 33.6 Å². The van der Waals surface area contributed by atoms with Gasteiger partial charge in [0.1, 0.15) is 18.3 Å². The molecule has 0 radical (unpaired) electrons. The van der Waals surface area contributed by atoms with Crippen molar-refractivity contribution in [2.45, 2.75) is 42.5 Å². The molecule has 0 amide bonds. The predicted octanol–water partition coefficient (Wildman–Crippen LogP) is -1.55. The van der Waals surface area contributed by atoms with E-state index in [1.807, 2.05) is 0 Å². The molecular formula is C17H20N4O8S. The highest BCUT2D eigenvalue weighted by molar-refractivity contribution is 7.92. The molecule has 3 rings (SSSR count). The van der Waals surface area contributed by atoms with Crippen LogP contribution in [0.2, 0.25) is 0 Å². The van der Waals surface area contributed by atoms with Crippen molar-refractivity contribution >= 4 is 27.6 Å². The van der Waals surface area contributed by atoms with Gasteiger partial charge in [-0.3, -0.25) is 0 Å². The zero-order valence-corrected chi connectivity index (χ0v) is 16.1. The van der Waals surface area contributed by atoms with E-state index < -0.39 is 87.3 Å². The van der Waals surface area contributed by atoms with E-state index in [2.05, 4.69) is 9.97 Å². The van der Waals surface area contributed by atoms with Crippen LogP contribution in [0.25, 0.3) is 0 Å². The lowest BCUT2D eigenvalue weighted by atomic mass is 9.98. The zero-order valence-electron chi connectivity index (χ0n) is 19.3. The first kappa shape index (κ1) is 16.9. The fourth-order valence-corrected chi connectivity index (χ4v) is 4.00. The number of nitrogen functional groups attached to an aromatic ring is 1. The minimum Gasteiger partial charge on any atom is -0.479 e. The van der Waals surface area contributed by atoms with Crippen LogP contribution in [0.5, 0.6) is 0 Å². The number of benzene rings is 1. The molecule has 1 fully saturated rings. The van der Waals surface area contributed by atoms with Crippen molar-refractivity contribution in [3.63, 3.8) is 0 Å². The molecule has 6 N–H and O–H groups in total. The Morgan fingerprint density at radius 3 is 2.40 bits per heavy atom. The summed E-state index contributed by atoms with van der Waals surface area (Å²) in [4.78, 5) is 18.1. The second-order valence-electron chi connectivity index (χ2n) is 6.30. The maximum Gasteiger partial charge on any atom is 0.335 e. The molecule has 1 aliphatic heterocycles. The Bertz CT molecular complexity index is 1220. The van der Waals surface area contributed by atoms with Crippen molar-refractivity contribution in [2.75, 3.05) is 10.0 Å². The molecule has 162 valence electrons. The molecule has 5 atom stereocenters. The Morgan fingerprint density at radius 1 is 1.20 bits per heavy atom. The molecule has 30 heavy (non-hydrogen) atoms. The summed E-state index contributed by atoms with van der Waals surface area (Å²) in [5.41, 5.74) is 5.10. The summed E-state index contributed by atoms with van der Waals surface area (Å²) in [7, 11) is -5.25. The van der Waals surface area contributed by atoms with Crippen molar-refractivity contribution in [1.82, 2.24) is 9.97 Å². The van der Waals surface area contributed by atoms with Gasteiger partial charge in [-0.1, -0.05) is 0 Å². The van der Waals surface area contributed by atoms with Gasteiger partial charge in [0.2, 0.25) is 5.95 Å². The summed E-state index contributed by atoms with van der Waals surface area (Å²) in [6, 6.07) is -2.47. The van der Waals surface area contributed by atoms with Gasteiger partial charge >= 0.3 is 5.97 Å². The number of hydrogen-bond donors (Lipinski definition) is 5. The number of nitrogens with two attached hydrogens (primary N) is 1. The van der Waals surface area contributed by atoms with Crippen LogP contribution in [0, 0.1) is 6.92 Å². The molecule has 0 bridgehead atoms. The number of anilines is 2. The van der Waals surface area contributed by atoms with Crippen molar-refractivity contribution in [3.8, 4) is 0 Å². The number of carbonyl (C=O) groups is 1. The largest absolute Gasteiger partial charge is 0.479 e. The van der Waals surface area contributed by atoms with Crippen LogP contribution in [0.15, 0.2) is 41.3 Å². The van der Waals surface area contributed by atoms with Crippen molar-refractivity contribution in [3.05, 3.63) is 42.1 Å². The summed E-state index contributed by atoms with van der Waals surface area (Å²) in [6.07, 6.45) is -9.91. The van der Waals surface area contributed by atoms with E-state index in [-0.39, 0.29) is 10.00 Å². The van der Waals surface area contributed by atoms with Gasteiger partial charge in [-0.05, 0) is 37.2 Å². The lowest BCUT2D eigenvalue weighted by molar-refractivity contribution is -0.224. The van der Waals surface area contributed by atoms with Crippen LogP contribution >= 0.6 is 0 Å². The molecular weight excluding hydrogens is 420 g/mol. The molecule has 13 heteroatoms. The van der Waals surface area contributed by atoms with Crippen LogP contribution in [0.3, 0.4) is 0 Å². The van der Waals surface area contributed by atoms with E-state index in [4.69, 9.17) is 16.0 Å². The quantitative estimate of drug-likeness (QED) is 0.335. The number of hydrogen-bond acceptors (Lipinski definition) is 10. The minimum atomic E-state index is -5.25. The van der Waals surface area contributed by atoms with E-state index in [1.165, 1.54) is 13.0 Å². The van der Waals surface area contributed by atoms with Gasteiger partial charge in [0.15, 0.2) is 12.3 Å². The fourth-order valence-electron chi connectivity index (χ4n) is 2.70. The maximum atomic E-state index is 13.7. The van der Waals surface area contributed by atoms with Gasteiger partial charge in [0, 0.05) is 17.6 Å². The Kier molecular flexibility index (Phi) is 4.58. The van der Waals surface area contributed by atoms with Gasteiger partial charge < -0.3 is 30.9 Å². The molecule has 1 aliphatic rings. The number of sulfonamides is 1. The third-order valence-electron chi connectivity index (χ3n) is 4.18. The molecule has 2 aromatic rings. The third-order valence-corrected chi connectivity index (χ3v) is 5.79. The minimum absolute atomic E-state index is 0.135. The van der Waals surface area contributed by atoms with Crippen LogP contribution in [0.4, 0.5) is 11.6 Å². The molecule has 2 heterocycles. The number of aryl methyl sites for hydroxylation is 1. The first-order valence-electron chi connectivity index (χ1n) is 10.3. The molecule has 1 aromatic heterocycles. The fraction of sp³-hybridized carbons (Fsp3) is 0.353. The summed E-state index contributed by atoms with van der Waals surface area (Å²) < 4.78 is 64.6. The average molecular weight is 444 g/mol. The second-order valence-corrected chi connectivity index (χ2v) is 8.05.